The van der Waals surface area contributed by atoms with Gasteiger partial charge in [-0.25, -0.2) is 0 Å². The van der Waals surface area contributed by atoms with Crippen molar-refractivity contribution in [1.29, 1.82) is 5.26 Å². The number of para-hydroxylation sites is 2. The minimum Gasteiger partial charge on any atom is -0.495 e. The third kappa shape index (κ3) is 6.09. The Morgan fingerprint density at radius 2 is 2.00 bits per heavy atom. The van der Waals surface area contributed by atoms with Crippen molar-refractivity contribution in [2.75, 3.05) is 37.4 Å². The lowest BCUT2D eigenvalue weighted by atomic mass is 10.3. The number of nitrogens with zero attached hydrogens (tertiary/aromatic N) is 2. The molecule has 0 aliphatic rings. The van der Waals surface area contributed by atoms with E-state index < -0.39 is 0 Å². The Kier molecular flexibility index (Phi) is 7.79. The van der Waals surface area contributed by atoms with Gasteiger partial charge in [-0.15, -0.1) is 11.3 Å². The summed E-state index contributed by atoms with van der Waals surface area (Å²) in [6, 6.07) is 10.9. The fourth-order valence-corrected chi connectivity index (χ4v) is 3.19. The number of nitrogens with one attached hydrogen (secondary N) is 2. The lowest BCUT2D eigenvalue weighted by Crippen LogP contribution is -2.35. The molecule has 1 aromatic carbocycles. The summed E-state index contributed by atoms with van der Waals surface area (Å²) in [5, 5.41) is 16.9. The Morgan fingerprint density at radius 3 is 2.70 bits per heavy atom. The number of benzene rings is 1. The molecule has 0 radical (unpaired) electrons. The fourth-order valence-electron chi connectivity index (χ4n) is 2.43. The zero-order valence-corrected chi connectivity index (χ0v) is 16.1. The van der Waals surface area contributed by atoms with Crippen LogP contribution in [0.1, 0.15) is 18.9 Å². The first-order chi connectivity index (χ1) is 13.1. The predicted molar refractivity (Wildman–Crippen MR) is 106 cm³/mol. The first-order valence-corrected chi connectivity index (χ1v) is 9.38. The summed E-state index contributed by atoms with van der Waals surface area (Å²) in [5.74, 6) is 0.238. The van der Waals surface area contributed by atoms with Gasteiger partial charge in [-0.2, -0.15) is 5.26 Å². The molecule has 0 aliphatic carbocycles. The van der Waals surface area contributed by atoms with Gasteiger partial charge < -0.3 is 15.4 Å². The van der Waals surface area contributed by atoms with Gasteiger partial charge in [0.05, 0.1) is 24.9 Å². The summed E-state index contributed by atoms with van der Waals surface area (Å²) in [5.41, 5.74) is 1.07. The number of thiophene rings is 1. The van der Waals surface area contributed by atoms with Crippen molar-refractivity contribution < 1.29 is 14.3 Å². The molecule has 2 aromatic rings. The molecule has 0 aliphatic heterocycles. The summed E-state index contributed by atoms with van der Waals surface area (Å²) in [6.07, 6.45) is 0.235. The van der Waals surface area contributed by atoms with E-state index in [0.29, 0.717) is 35.1 Å². The highest BCUT2D eigenvalue weighted by atomic mass is 32.1. The smallest absolute Gasteiger partial charge is 0.238 e. The summed E-state index contributed by atoms with van der Waals surface area (Å²) in [7, 11) is 1.55. The fraction of sp³-hybridized carbons (Fsp3) is 0.316. The molecule has 0 atom stereocenters. The molecule has 2 rings (SSSR count). The highest BCUT2D eigenvalue weighted by Gasteiger charge is 2.14. The molecule has 27 heavy (non-hydrogen) atoms. The molecule has 0 saturated heterocycles. The monoisotopic (exact) mass is 386 g/mol. The number of anilines is 2. The Labute approximate surface area is 162 Å². The van der Waals surface area contributed by atoms with Crippen molar-refractivity contribution in [1.82, 2.24) is 4.90 Å². The standard InChI is InChI=1S/C19H22N4O3S/c1-3-23(10-8-17(24)22-19-14(12-20)9-11-27-19)13-18(25)21-15-6-4-5-7-16(15)26-2/h4-7,9,11H,3,8,10,13H2,1-2H3,(H,21,25)(H,22,24). The molecule has 7 nitrogen and oxygen atoms in total. The van der Waals surface area contributed by atoms with Crippen LogP contribution in [-0.4, -0.2) is 43.5 Å². The average Bonchev–Trinajstić information content (AvgIpc) is 3.12. The van der Waals surface area contributed by atoms with Gasteiger partial charge in [-0.1, -0.05) is 19.1 Å². The number of hydrogen-bond donors (Lipinski definition) is 2. The second-order valence-corrected chi connectivity index (χ2v) is 6.61. The van der Waals surface area contributed by atoms with Gasteiger partial charge in [0.15, 0.2) is 0 Å². The topological polar surface area (TPSA) is 94.5 Å². The van der Waals surface area contributed by atoms with Crippen LogP contribution < -0.4 is 15.4 Å². The molecule has 142 valence electrons. The minimum atomic E-state index is -0.183. The predicted octanol–water partition coefficient (Wildman–Crippen LogP) is 2.92. The minimum absolute atomic E-state index is 0.171. The van der Waals surface area contributed by atoms with E-state index in [1.807, 2.05) is 30.0 Å². The maximum Gasteiger partial charge on any atom is 0.238 e. The van der Waals surface area contributed by atoms with E-state index in [9.17, 15) is 9.59 Å². The quantitative estimate of drug-likeness (QED) is 0.691. The number of rotatable bonds is 9. The van der Waals surface area contributed by atoms with Crippen LogP contribution in [0.3, 0.4) is 0 Å². The van der Waals surface area contributed by atoms with Gasteiger partial charge >= 0.3 is 0 Å². The molecule has 2 N–H and O–H groups in total. The maximum atomic E-state index is 12.3. The third-order valence-corrected chi connectivity index (χ3v) is 4.72. The van der Waals surface area contributed by atoms with Crippen LogP contribution in [-0.2, 0) is 9.59 Å². The van der Waals surface area contributed by atoms with E-state index in [-0.39, 0.29) is 24.8 Å². The molecule has 0 saturated carbocycles. The van der Waals surface area contributed by atoms with Gasteiger partial charge in [-0.05, 0) is 30.1 Å². The average molecular weight is 386 g/mol. The van der Waals surface area contributed by atoms with Gasteiger partial charge in [0.2, 0.25) is 11.8 Å². The highest BCUT2D eigenvalue weighted by Crippen LogP contribution is 2.23. The van der Waals surface area contributed by atoms with Crippen molar-refractivity contribution in [2.24, 2.45) is 0 Å². The number of carbonyl (C=O) groups is 2. The van der Waals surface area contributed by atoms with Crippen LogP contribution in [0.5, 0.6) is 5.75 Å². The summed E-state index contributed by atoms with van der Waals surface area (Å²) in [4.78, 5) is 26.3. The highest BCUT2D eigenvalue weighted by molar-refractivity contribution is 7.14. The molecule has 8 heteroatoms. The van der Waals surface area contributed by atoms with E-state index >= 15 is 0 Å². The van der Waals surface area contributed by atoms with Crippen LogP contribution >= 0.6 is 11.3 Å². The Morgan fingerprint density at radius 1 is 1.22 bits per heavy atom. The number of nitriles is 1. The van der Waals surface area contributed by atoms with Crippen LogP contribution in [0.15, 0.2) is 35.7 Å². The van der Waals surface area contributed by atoms with Crippen LogP contribution in [0.25, 0.3) is 0 Å². The Hall–Kier alpha value is -2.89. The zero-order chi connectivity index (χ0) is 19.6. The second-order valence-electron chi connectivity index (χ2n) is 5.69. The zero-order valence-electron chi connectivity index (χ0n) is 15.3. The Bertz CT molecular complexity index is 828. The molecule has 0 bridgehead atoms. The first-order valence-electron chi connectivity index (χ1n) is 8.50. The molecule has 0 spiro atoms. The normalized spacial score (nSPS) is 10.3. The number of amides is 2. The number of methoxy groups -OCH3 is 1. The van der Waals surface area contributed by atoms with Crippen molar-refractivity contribution in [2.45, 2.75) is 13.3 Å². The van der Waals surface area contributed by atoms with E-state index in [1.165, 1.54) is 11.3 Å². The van der Waals surface area contributed by atoms with Crippen molar-refractivity contribution in [3.05, 3.63) is 41.3 Å². The van der Waals surface area contributed by atoms with Crippen LogP contribution in [0, 0.1) is 11.3 Å². The number of carbonyl (C=O) groups excluding carboxylic acids is 2. The van der Waals surface area contributed by atoms with Gasteiger partial charge in [0.25, 0.3) is 0 Å². The van der Waals surface area contributed by atoms with Gasteiger partial charge in [-0.3, -0.25) is 14.5 Å². The molecule has 2 amide bonds. The van der Waals surface area contributed by atoms with Gasteiger partial charge in [0, 0.05) is 13.0 Å². The van der Waals surface area contributed by atoms with Crippen LogP contribution in [0.4, 0.5) is 10.7 Å². The molecule has 1 heterocycles. The third-order valence-electron chi connectivity index (χ3n) is 3.89. The van der Waals surface area contributed by atoms with E-state index in [0.717, 1.165) is 0 Å². The van der Waals surface area contributed by atoms with Crippen LogP contribution in [0.2, 0.25) is 0 Å². The van der Waals surface area contributed by atoms with Crippen molar-refractivity contribution in [3.8, 4) is 11.8 Å². The molecular formula is C19H22N4O3S. The molecule has 0 fully saturated rings. The Balaban J connectivity index is 1.83. The van der Waals surface area contributed by atoms with Crippen molar-refractivity contribution >= 4 is 33.8 Å². The summed E-state index contributed by atoms with van der Waals surface area (Å²) in [6.45, 7) is 3.18. The summed E-state index contributed by atoms with van der Waals surface area (Å²) < 4.78 is 5.22. The lowest BCUT2D eigenvalue weighted by Gasteiger charge is -2.20. The molecule has 0 unspecified atom stereocenters. The number of ether oxygens (including phenoxy) is 1. The second kappa shape index (κ2) is 10.3. The van der Waals surface area contributed by atoms with Crippen molar-refractivity contribution in [3.63, 3.8) is 0 Å². The van der Waals surface area contributed by atoms with Gasteiger partial charge in [0.1, 0.15) is 16.8 Å². The largest absolute Gasteiger partial charge is 0.495 e. The first kappa shape index (κ1) is 20.4. The van der Waals surface area contributed by atoms with E-state index in [1.54, 1.807) is 30.7 Å². The molecule has 1 aromatic heterocycles. The number of likely N-dealkylation sites (N-methyl/N-ethyl adjacent to an activating group) is 1. The summed E-state index contributed by atoms with van der Waals surface area (Å²) >= 11 is 1.31. The number of hydrogen-bond acceptors (Lipinski definition) is 6. The van der Waals surface area contributed by atoms with E-state index in [4.69, 9.17) is 10.00 Å². The molecular weight excluding hydrogens is 364 g/mol. The lowest BCUT2D eigenvalue weighted by molar-refractivity contribution is -0.119. The SMILES string of the molecule is CCN(CCC(=O)Nc1sccc1C#N)CC(=O)Nc1ccccc1OC. The van der Waals surface area contributed by atoms with E-state index in [2.05, 4.69) is 10.6 Å². The maximum absolute atomic E-state index is 12.3.